The number of halogens is 1. The number of fused-ring (bicyclic) bond motifs is 1. The third-order valence-electron chi connectivity index (χ3n) is 4.78. The highest BCUT2D eigenvalue weighted by atomic mass is 35.5. The maximum atomic E-state index is 6.24. The van der Waals surface area contributed by atoms with Crippen molar-refractivity contribution < 1.29 is 9.15 Å². The monoisotopic (exact) mass is 415 g/mol. The van der Waals surface area contributed by atoms with E-state index in [-0.39, 0.29) is 0 Å². The zero-order valence-corrected chi connectivity index (χ0v) is 16.8. The second-order valence-electron chi connectivity index (χ2n) is 6.93. The number of aromatic amines is 1. The number of H-pyrrole nitrogens is 1. The van der Waals surface area contributed by atoms with Gasteiger partial charge in [-0.05, 0) is 48.0 Å². The fourth-order valence-corrected chi connectivity index (χ4v) is 3.51. The fourth-order valence-electron chi connectivity index (χ4n) is 3.31. The lowest BCUT2D eigenvalue weighted by Crippen LogP contribution is -1.99. The molecule has 0 fully saturated rings. The molecule has 0 unspecified atom stereocenters. The summed E-state index contributed by atoms with van der Waals surface area (Å²) >= 11 is 6.24. The number of hydrogen-bond acceptors (Lipinski definition) is 4. The highest BCUT2D eigenvalue weighted by molar-refractivity contribution is 6.30. The van der Waals surface area contributed by atoms with Gasteiger partial charge in [0, 0.05) is 23.2 Å². The Balaban J connectivity index is 1.37. The second kappa shape index (κ2) is 8.05. The van der Waals surface area contributed by atoms with Gasteiger partial charge in [-0.25, -0.2) is 9.97 Å². The molecule has 0 aliphatic carbocycles. The summed E-state index contributed by atoms with van der Waals surface area (Å²) in [7, 11) is 0. The number of hydrogen-bond donors (Lipinski definition) is 1. The Morgan fingerprint density at radius 3 is 2.73 bits per heavy atom. The van der Waals surface area contributed by atoms with Crippen LogP contribution in [0, 0.1) is 0 Å². The number of benzene rings is 2. The topological polar surface area (TPSA) is 63.9 Å². The second-order valence-corrected chi connectivity index (χ2v) is 7.37. The molecule has 0 atom stereocenters. The van der Waals surface area contributed by atoms with E-state index in [9.17, 15) is 0 Å². The molecule has 0 spiro atoms. The number of imidazole rings is 1. The molecule has 3 heterocycles. The number of nitrogens with one attached hydrogen (secondary N) is 1. The minimum absolute atomic E-state index is 0.491. The van der Waals surface area contributed by atoms with Gasteiger partial charge in [-0.15, -0.1) is 0 Å². The Labute approximate surface area is 178 Å². The first-order valence-corrected chi connectivity index (χ1v) is 9.97. The zero-order chi connectivity index (χ0) is 20.3. The minimum Gasteiger partial charge on any atom is -0.489 e. The molecule has 0 radical (unpaired) electrons. The third kappa shape index (κ3) is 3.93. The average molecular weight is 416 g/mol. The van der Waals surface area contributed by atoms with Crippen LogP contribution < -0.4 is 4.74 Å². The molecule has 5 aromatic rings. The van der Waals surface area contributed by atoms with Crippen LogP contribution in [0.1, 0.15) is 16.9 Å². The highest BCUT2D eigenvalue weighted by Gasteiger charge is 2.13. The summed E-state index contributed by atoms with van der Waals surface area (Å²) in [6, 6.07) is 23.4. The lowest BCUT2D eigenvalue weighted by Gasteiger charge is -2.11. The minimum atomic E-state index is 0.491. The zero-order valence-electron chi connectivity index (χ0n) is 16.0. The van der Waals surface area contributed by atoms with Gasteiger partial charge in [-0.1, -0.05) is 41.9 Å². The van der Waals surface area contributed by atoms with Gasteiger partial charge in [0.1, 0.15) is 18.1 Å². The summed E-state index contributed by atoms with van der Waals surface area (Å²) in [5, 5.41) is 0.659. The van der Waals surface area contributed by atoms with Crippen LogP contribution >= 0.6 is 11.6 Å². The first-order valence-electron chi connectivity index (χ1n) is 9.59. The van der Waals surface area contributed by atoms with E-state index in [1.54, 1.807) is 6.20 Å². The summed E-state index contributed by atoms with van der Waals surface area (Å²) in [5.41, 5.74) is 3.61. The number of rotatable bonds is 6. The van der Waals surface area contributed by atoms with Crippen molar-refractivity contribution in [1.29, 1.82) is 0 Å². The summed E-state index contributed by atoms with van der Waals surface area (Å²) in [5.74, 6) is 2.90. The lowest BCUT2D eigenvalue weighted by atomic mass is 10.1. The Morgan fingerprint density at radius 2 is 1.87 bits per heavy atom. The first-order chi connectivity index (χ1) is 14.7. The lowest BCUT2D eigenvalue weighted by molar-refractivity contribution is 0.303. The Kier molecular flexibility index (Phi) is 4.95. The van der Waals surface area contributed by atoms with Crippen molar-refractivity contribution in [2.75, 3.05) is 0 Å². The van der Waals surface area contributed by atoms with E-state index in [4.69, 9.17) is 20.8 Å². The molecule has 0 bridgehead atoms. The summed E-state index contributed by atoms with van der Waals surface area (Å²) < 4.78 is 12.1. The van der Waals surface area contributed by atoms with Crippen LogP contribution in [-0.2, 0) is 13.0 Å². The summed E-state index contributed by atoms with van der Waals surface area (Å²) in [4.78, 5) is 12.0. The van der Waals surface area contributed by atoms with Gasteiger partial charge in [0.2, 0.25) is 0 Å². The molecule has 1 N–H and O–H groups in total. The molecule has 0 aliphatic rings. The predicted molar refractivity (Wildman–Crippen MR) is 117 cm³/mol. The van der Waals surface area contributed by atoms with Crippen molar-refractivity contribution >= 4 is 22.8 Å². The number of aromatic nitrogens is 3. The van der Waals surface area contributed by atoms with Crippen LogP contribution in [0.2, 0.25) is 5.02 Å². The van der Waals surface area contributed by atoms with Crippen LogP contribution in [0.3, 0.4) is 0 Å². The van der Waals surface area contributed by atoms with Gasteiger partial charge >= 0.3 is 0 Å². The first kappa shape index (κ1) is 18.5. The van der Waals surface area contributed by atoms with Crippen molar-refractivity contribution in [1.82, 2.24) is 15.0 Å². The summed E-state index contributed by atoms with van der Waals surface area (Å²) in [6.45, 7) is 0.491. The largest absolute Gasteiger partial charge is 0.489 e. The van der Waals surface area contributed by atoms with Gasteiger partial charge < -0.3 is 14.1 Å². The van der Waals surface area contributed by atoms with E-state index in [0.29, 0.717) is 35.3 Å². The number of pyridine rings is 1. The molecule has 148 valence electrons. The van der Waals surface area contributed by atoms with Crippen molar-refractivity contribution in [2.45, 2.75) is 13.0 Å². The average Bonchev–Trinajstić information content (AvgIpc) is 3.41. The van der Waals surface area contributed by atoms with E-state index < -0.39 is 0 Å². The van der Waals surface area contributed by atoms with Crippen LogP contribution in [0.5, 0.6) is 5.75 Å². The van der Waals surface area contributed by atoms with Gasteiger partial charge in [0.05, 0.1) is 5.52 Å². The van der Waals surface area contributed by atoms with E-state index in [2.05, 4.69) is 15.0 Å². The molecule has 0 amide bonds. The number of nitrogens with zero attached hydrogens (tertiary/aromatic N) is 2. The Hall–Kier alpha value is -3.57. The van der Waals surface area contributed by atoms with Gasteiger partial charge in [-0.3, -0.25) is 0 Å². The molecule has 30 heavy (non-hydrogen) atoms. The molecule has 6 heteroatoms. The molecule has 2 aromatic carbocycles. The predicted octanol–water partition coefficient (Wildman–Crippen LogP) is 6.04. The molecule has 5 rings (SSSR count). The van der Waals surface area contributed by atoms with Crippen molar-refractivity contribution in [3.05, 3.63) is 101 Å². The quantitative estimate of drug-likeness (QED) is 0.367. The Morgan fingerprint density at radius 1 is 0.967 bits per heavy atom. The fraction of sp³-hybridized carbons (Fsp3) is 0.0833. The molecule has 5 nitrogen and oxygen atoms in total. The molecule has 0 saturated carbocycles. The van der Waals surface area contributed by atoms with Crippen molar-refractivity contribution in [3.8, 4) is 17.3 Å². The maximum absolute atomic E-state index is 6.24. The van der Waals surface area contributed by atoms with Crippen LogP contribution in [0.25, 0.3) is 22.7 Å². The van der Waals surface area contributed by atoms with Gasteiger partial charge in [-0.2, -0.15) is 0 Å². The maximum Gasteiger partial charge on any atom is 0.178 e. The van der Waals surface area contributed by atoms with E-state index >= 15 is 0 Å². The SMILES string of the molecule is Clc1ccc(OCc2ccccc2)c(Cc2ccc(-c3nc4ncccc4[nH]3)o2)c1. The van der Waals surface area contributed by atoms with Crippen molar-refractivity contribution in [3.63, 3.8) is 0 Å². The third-order valence-corrected chi connectivity index (χ3v) is 5.01. The van der Waals surface area contributed by atoms with E-state index in [0.717, 1.165) is 28.2 Å². The highest BCUT2D eigenvalue weighted by Crippen LogP contribution is 2.29. The van der Waals surface area contributed by atoms with E-state index in [1.165, 1.54) is 0 Å². The molecule has 0 aliphatic heterocycles. The van der Waals surface area contributed by atoms with Crippen LogP contribution in [-0.4, -0.2) is 15.0 Å². The van der Waals surface area contributed by atoms with Gasteiger partial charge in [0.25, 0.3) is 0 Å². The number of ether oxygens (including phenoxy) is 1. The number of furan rings is 1. The molecule has 0 saturated heterocycles. The van der Waals surface area contributed by atoms with Crippen LogP contribution in [0.4, 0.5) is 0 Å². The molecular formula is C24H18ClN3O2. The standard InChI is InChI=1S/C24H18ClN3O2/c25-18-8-10-21(29-15-16-5-2-1-3-6-16)17(13-18)14-19-9-11-22(30-19)24-27-20-7-4-12-26-23(20)28-24/h1-13H,14-15H2,(H,26,27,28). The van der Waals surface area contributed by atoms with Crippen molar-refractivity contribution in [2.24, 2.45) is 0 Å². The van der Waals surface area contributed by atoms with Gasteiger partial charge in [0.15, 0.2) is 17.2 Å². The molecular weight excluding hydrogens is 398 g/mol. The summed E-state index contributed by atoms with van der Waals surface area (Å²) in [6.07, 6.45) is 2.28. The van der Waals surface area contributed by atoms with E-state index in [1.807, 2.05) is 72.8 Å². The smallest absolute Gasteiger partial charge is 0.178 e. The normalized spacial score (nSPS) is 11.1. The Bertz CT molecular complexity index is 1260. The molecule has 3 aromatic heterocycles. The van der Waals surface area contributed by atoms with Crippen LogP contribution in [0.15, 0.2) is 83.4 Å².